The molecule has 3 aromatic rings. The summed E-state index contributed by atoms with van der Waals surface area (Å²) in [5.74, 6) is -0.411. The molecule has 2 aliphatic rings. The SMILES string of the molecule is CCN1C(=O)C2C(C)c3c(c4ccccc4c4ccccc34)C(C)C2C1=O. The zero-order chi connectivity index (χ0) is 18.9. The topological polar surface area (TPSA) is 37.4 Å². The van der Waals surface area contributed by atoms with Crippen LogP contribution in [0.15, 0.2) is 48.5 Å². The van der Waals surface area contributed by atoms with Crippen molar-refractivity contribution < 1.29 is 9.59 Å². The Morgan fingerprint density at radius 2 is 1.07 bits per heavy atom. The van der Waals surface area contributed by atoms with Gasteiger partial charge in [-0.3, -0.25) is 14.5 Å². The van der Waals surface area contributed by atoms with Gasteiger partial charge in [-0.1, -0.05) is 62.4 Å². The highest BCUT2D eigenvalue weighted by Crippen LogP contribution is 2.54. The van der Waals surface area contributed by atoms with E-state index in [1.807, 2.05) is 6.92 Å². The van der Waals surface area contributed by atoms with Crippen molar-refractivity contribution in [2.45, 2.75) is 32.6 Å². The lowest BCUT2D eigenvalue weighted by molar-refractivity contribution is -0.139. The molecule has 0 bridgehead atoms. The van der Waals surface area contributed by atoms with Crippen molar-refractivity contribution in [3.63, 3.8) is 0 Å². The highest BCUT2D eigenvalue weighted by atomic mass is 16.2. The predicted octanol–water partition coefficient (Wildman–Crippen LogP) is 4.83. The first-order chi connectivity index (χ1) is 13.1. The maximum absolute atomic E-state index is 13.1. The van der Waals surface area contributed by atoms with Crippen LogP contribution in [0.25, 0.3) is 21.5 Å². The third-order valence-electron chi connectivity index (χ3n) is 6.81. The summed E-state index contributed by atoms with van der Waals surface area (Å²) in [6.07, 6.45) is 0. The van der Waals surface area contributed by atoms with Gasteiger partial charge in [0.15, 0.2) is 0 Å². The monoisotopic (exact) mass is 357 g/mol. The summed E-state index contributed by atoms with van der Waals surface area (Å²) < 4.78 is 0. The number of amides is 2. The molecule has 5 rings (SSSR count). The van der Waals surface area contributed by atoms with Gasteiger partial charge >= 0.3 is 0 Å². The van der Waals surface area contributed by atoms with Crippen LogP contribution >= 0.6 is 0 Å². The van der Waals surface area contributed by atoms with E-state index >= 15 is 0 Å². The summed E-state index contributed by atoms with van der Waals surface area (Å²) in [6, 6.07) is 17.0. The zero-order valence-corrected chi connectivity index (χ0v) is 15.9. The fraction of sp³-hybridized carbons (Fsp3) is 0.333. The van der Waals surface area contributed by atoms with E-state index in [1.165, 1.54) is 37.6 Å². The highest BCUT2D eigenvalue weighted by molar-refractivity contribution is 6.13. The molecule has 0 N–H and O–H groups in total. The standard InChI is InChI=1S/C24H23NO2/c1-4-25-23(26)21-13(2)19-17-11-7-5-9-15(17)16-10-6-8-12-18(16)20(19)14(3)22(21)24(25)27/h5-14,21-22H,4H2,1-3H3. The molecule has 3 heteroatoms. The van der Waals surface area contributed by atoms with Gasteiger partial charge in [0.2, 0.25) is 11.8 Å². The third kappa shape index (κ3) is 1.97. The fourth-order valence-electron chi connectivity index (χ4n) is 5.67. The fourth-order valence-corrected chi connectivity index (χ4v) is 5.67. The summed E-state index contributed by atoms with van der Waals surface area (Å²) in [5, 5.41) is 4.90. The van der Waals surface area contributed by atoms with Gasteiger partial charge in [0.05, 0.1) is 11.8 Å². The van der Waals surface area contributed by atoms with E-state index in [4.69, 9.17) is 0 Å². The molecule has 27 heavy (non-hydrogen) atoms. The Hall–Kier alpha value is -2.68. The summed E-state index contributed by atoms with van der Waals surface area (Å²) in [6.45, 7) is 6.62. The molecule has 3 aromatic carbocycles. The molecule has 1 aliphatic carbocycles. The second-order valence-electron chi connectivity index (χ2n) is 7.97. The smallest absolute Gasteiger partial charge is 0.233 e. The van der Waals surface area contributed by atoms with Gasteiger partial charge < -0.3 is 0 Å². The van der Waals surface area contributed by atoms with Crippen LogP contribution in [0, 0.1) is 11.8 Å². The van der Waals surface area contributed by atoms with Crippen LogP contribution in [0.2, 0.25) is 0 Å². The van der Waals surface area contributed by atoms with Crippen LogP contribution in [0.4, 0.5) is 0 Å². The van der Waals surface area contributed by atoms with Crippen LogP contribution in [0.3, 0.4) is 0 Å². The van der Waals surface area contributed by atoms with Crippen molar-refractivity contribution in [1.29, 1.82) is 0 Å². The number of benzene rings is 3. The zero-order valence-electron chi connectivity index (χ0n) is 15.9. The molecule has 1 saturated heterocycles. The van der Waals surface area contributed by atoms with Gasteiger partial charge in [-0.05, 0) is 51.4 Å². The lowest BCUT2D eigenvalue weighted by atomic mass is 9.63. The van der Waals surface area contributed by atoms with Crippen LogP contribution in [-0.2, 0) is 9.59 Å². The number of imide groups is 1. The number of likely N-dealkylation sites (tertiary alicyclic amines) is 1. The van der Waals surface area contributed by atoms with Gasteiger partial charge in [-0.2, -0.15) is 0 Å². The first-order valence-electron chi connectivity index (χ1n) is 9.84. The molecule has 136 valence electrons. The van der Waals surface area contributed by atoms with Gasteiger partial charge in [-0.25, -0.2) is 0 Å². The van der Waals surface area contributed by atoms with Crippen LogP contribution in [0.1, 0.15) is 43.7 Å². The number of carbonyl (C=O) groups excluding carboxylic acids is 2. The summed E-state index contributed by atoms with van der Waals surface area (Å²) in [5.41, 5.74) is 2.52. The number of rotatable bonds is 1. The van der Waals surface area contributed by atoms with Crippen molar-refractivity contribution in [2.75, 3.05) is 6.54 Å². The quantitative estimate of drug-likeness (QED) is 0.462. The lowest BCUT2D eigenvalue weighted by Gasteiger charge is -2.37. The molecular weight excluding hydrogens is 334 g/mol. The Morgan fingerprint density at radius 3 is 1.44 bits per heavy atom. The van der Waals surface area contributed by atoms with E-state index in [9.17, 15) is 9.59 Å². The van der Waals surface area contributed by atoms with Crippen molar-refractivity contribution in [1.82, 2.24) is 4.90 Å². The van der Waals surface area contributed by atoms with Gasteiger partial charge in [0.1, 0.15) is 0 Å². The first-order valence-corrected chi connectivity index (χ1v) is 9.84. The number of hydrogen-bond donors (Lipinski definition) is 0. The molecule has 1 fully saturated rings. The second-order valence-corrected chi connectivity index (χ2v) is 7.97. The number of hydrogen-bond acceptors (Lipinski definition) is 2. The Bertz CT molecular complexity index is 1030. The van der Waals surface area contributed by atoms with E-state index in [2.05, 4.69) is 62.4 Å². The molecule has 1 aliphatic heterocycles. The van der Waals surface area contributed by atoms with E-state index in [0.717, 1.165) is 0 Å². The Labute approximate surface area is 159 Å². The second kappa shape index (κ2) is 5.66. The maximum atomic E-state index is 13.1. The highest BCUT2D eigenvalue weighted by Gasteiger charge is 2.55. The van der Waals surface area contributed by atoms with Crippen molar-refractivity contribution >= 4 is 33.4 Å². The average molecular weight is 357 g/mol. The molecule has 1 heterocycles. The molecule has 4 atom stereocenters. The predicted molar refractivity (Wildman–Crippen MR) is 108 cm³/mol. The molecule has 2 amide bonds. The lowest BCUT2D eigenvalue weighted by Crippen LogP contribution is -2.33. The number of fused-ring (bicyclic) bond motifs is 7. The molecule has 3 nitrogen and oxygen atoms in total. The van der Waals surface area contributed by atoms with Crippen LogP contribution < -0.4 is 0 Å². The normalized spacial score (nSPS) is 27.3. The Morgan fingerprint density at radius 1 is 0.704 bits per heavy atom. The molecular formula is C24H23NO2. The van der Waals surface area contributed by atoms with Crippen molar-refractivity contribution in [3.8, 4) is 0 Å². The van der Waals surface area contributed by atoms with E-state index in [0.29, 0.717) is 6.54 Å². The van der Waals surface area contributed by atoms with Crippen LogP contribution in [0.5, 0.6) is 0 Å². The minimum Gasteiger partial charge on any atom is -0.282 e. The maximum Gasteiger partial charge on any atom is 0.233 e. The van der Waals surface area contributed by atoms with E-state index in [1.54, 1.807) is 0 Å². The molecule has 0 spiro atoms. The Balaban J connectivity index is 1.90. The summed E-state index contributed by atoms with van der Waals surface area (Å²) in [4.78, 5) is 27.6. The summed E-state index contributed by atoms with van der Waals surface area (Å²) in [7, 11) is 0. The molecule has 4 unspecified atom stereocenters. The van der Waals surface area contributed by atoms with Crippen LogP contribution in [-0.4, -0.2) is 23.3 Å². The average Bonchev–Trinajstić information content (AvgIpc) is 2.95. The number of nitrogens with zero attached hydrogens (tertiary/aromatic N) is 1. The van der Waals surface area contributed by atoms with Gasteiger partial charge in [-0.15, -0.1) is 0 Å². The van der Waals surface area contributed by atoms with Crippen molar-refractivity contribution in [3.05, 3.63) is 59.7 Å². The van der Waals surface area contributed by atoms with E-state index in [-0.39, 0.29) is 35.5 Å². The van der Waals surface area contributed by atoms with Crippen molar-refractivity contribution in [2.24, 2.45) is 11.8 Å². The minimum atomic E-state index is -0.246. The van der Waals surface area contributed by atoms with E-state index < -0.39 is 0 Å². The largest absolute Gasteiger partial charge is 0.282 e. The molecule has 0 aromatic heterocycles. The number of carbonyl (C=O) groups is 2. The first kappa shape index (κ1) is 16.5. The Kier molecular flexibility index (Phi) is 3.45. The van der Waals surface area contributed by atoms with Gasteiger partial charge in [0.25, 0.3) is 0 Å². The molecule has 0 saturated carbocycles. The van der Waals surface area contributed by atoms with Gasteiger partial charge in [0, 0.05) is 6.54 Å². The minimum absolute atomic E-state index is 0.00902. The third-order valence-corrected chi connectivity index (χ3v) is 6.81. The molecule has 0 radical (unpaired) electrons. The summed E-state index contributed by atoms with van der Waals surface area (Å²) >= 11 is 0.